The number of amides is 2. The van der Waals surface area contributed by atoms with Crippen LogP contribution in [0.3, 0.4) is 0 Å². The monoisotopic (exact) mass is 462 g/mol. The first-order valence-electron chi connectivity index (χ1n) is 11.7. The second-order valence-corrected chi connectivity index (χ2v) is 8.83. The Morgan fingerprint density at radius 3 is 2.35 bits per heavy atom. The van der Waals surface area contributed by atoms with Crippen LogP contribution in [0, 0.1) is 0 Å². The quantitative estimate of drug-likeness (QED) is 0.570. The summed E-state index contributed by atoms with van der Waals surface area (Å²) in [4.78, 5) is 38.8. The van der Waals surface area contributed by atoms with Crippen LogP contribution in [0.25, 0.3) is 11.1 Å². The van der Waals surface area contributed by atoms with Gasteiger partial charge in [0.15, 0.2) is 0 Å². The van der Waals surface area contributed by atoms with Crippen LogP contribution in [-0.2, 0) is 14.3 Å². The number of nitrogens with one attached hydrogen (secondary N) is 1. The van der Waals surface area contributed by atoms with Gasteiger partial charge in [0.05, 0.1) is 6.42 Å². The first-order chi connectivity index (χ1) is 16.5. The number of likely N-dealkylation sites (tertiary alicyclic amines) is 1. The summed E-state index contributed by atoms with van der Waals surface area (Å²) in [6.45, 7) is 4.34. The highest BCUT2D eigenvalue weighted by molar-refractivity contribution is 5.86. The Morgan fingerprint density at radius 1 is 1.09 bits per heavy atom. The summed E-state index contributed by atoms with van der Waals surface area (Å²) in [5.41, 5.74) is 4.50. The van der Waals surface area contributed by atoms with Crippen molar-refractivity contribution in [2.24, 2.45) is 0 Å². The maximum Gasteiger partial charge on any atom is 0.407 e. The zero-order chi connectivity index (χ0) is 24.1. The van der Waals surface area contributed by atoms with Crippen molar-refractivity contribution < 1.29 is 24.2 Å². The number of benzene rings is 2. The minimum absolute atomic E-state index is 0.0752. The highest BCUT2D eigenvalue weighted by Gasteiger charge is 2.34. The van der Waals surface area contributed by atoms with E-state index in [-0.39, 0.29) is 37.3 Å². The molecule has 2 atom stereocenters. The molecule has 4 rings (SSSR count). The molecule has 7 heteroatoms. The van der Waals surface area contributed by atoms with Gasteiger partial charge in [0.2, 0.25) is 5.91 Å². The first-order valence-corrected chi connectivity index (χ1v) is 11.7. The fourth-order valence-corrected chi connectivity index (χ4v) is 5.08. The molecule has 7 nitrogen and oxygen atoms in total. The molecule has 2 amide bonds. The lowest BCUT2D eigenvalue weighted by Gasteiger charge is -2.37. The van der Waals surface area contributed by atoms with Crippen LogP contribution in [0.5, 0.6) is 0 Å². The summed E-state index contributed by atoms with van der Waals surface area (Å²) in [5, 5.41) is 11.9. The van der Waals surface area contributed by atoms with E-state index < -0.39 is 18.1 Å². The minimum Gasteiger partial charge on any atom is -0.481 e. The van der Waals surface area contributed by atoms with Crippen LogP contribution in [0.1, 0.15) is 49.1 Å². The lowest BCUT2D eigenvalue weighted by atomic mass is 9.97. The normalized spacial score (nSPS) is 17.9. The standard InChI is InChI=1S/C27H30N2O5/c1-2-9-24(26(32)29-15-8-7-10-18(29)16-25(30)31)28-27(33)34-17-23-21-13-5-3-11-19(21)20-12-4-6-14-22(20)23/h2-6,11-14,18,23-24H,1,7-10,15-17H2,(H,28,33)(H,30,31)/t18-,24?/m1/s1. The number of aliphatic carboxylic acids is 1. The molecule has 0 bridgehead atoms. The van der Waals surface area contributed by atoms with E-state index in [1.807, 2.05) is 36.4 Å². The van der Waals surface area contributed by atoms with Gasteiger partial charge >= 0.3 is 12.1 Å². The van der Waals surface area contributed by atoms with E-state index in [1.165, 1.54) is 0 Å². The Hall–Kier alpha value is -3.61. The van der Waals surface area contributed by atoms with Crippen molar-refractivity contribution >= 4 is 18.0 Å². The van der Waals surface area contributed by atoms with Crippen molar-refractivity contribution in [2.75, 3.05) is 13.2 Å². The van der Waals surface area contributed by atoms with E-state index >= 15 is 0 Å². The first kappa shape index (κ1) is 23.5. The van der Waals surface area contributed by atoms with E-state index in [1.54, 1.807) is 11.0 Å². The van der Waals surface area contributed by atoms with E-state index in [9.17, 15) is 19.5 Å². The summed E-state index contributed by atoms with van der Waals surface area (Å²) < 4.78 is 5.60. The zero-order valence-electron chi connectivity index (χ0n) is 19.1. The fourth-order valence-electron chi connectivity index (χ4n) is 5.08. The molecule has 2 aliphatic rings. The number of alkyl carbamates (subject to hydrolysis) is 1. The fraction of sp³-hybridized carbons (Fsp3) is 0.370. The summed E-state index contributed by atoms with van der Waals surface area (Å²) in [6.07, 6.45) is 3.37. The van der Waals surface area contributed by atoms with E-state index in [4.69, 9.17) is 4.74 Å². The van der Waals surface area contributed by atoms with Crippen molar-refractivity contribution in [3.63, 3.8) is 0 Å². The Bertz CT molecular complexity index is 1040. The molecule has 2 N–H and O–H groups in total. The Balaban J connectivity index is 1.42. The number of carboxylic acids is 1. The van der Waals surface area contributed by atoms with Crippen molar-refractivity contribution in [1.29, 1.82) is 0 Å². The molecule has 1 fully saturated rings. The van der Waals surface area contributed by atoms with Crippen molar-refractivity contribution in [1.82, 2.24) is 10.2 Å². The maximum atomic E-state index is 13.2. The van der Waals surface area contributed by atoms with Gasteiger partial charge in [-0.25, -0.2) is 4.79 Å². The SMILES string of the molecule is C=CCC(NC(=O)OCC1c2ccccc2-c2ccccc21)C(=O)N1CCCC[C@@H]1CC(=O)O. The van der Waals surface area contributed by atoms with E-state index in [0.717, 1.165) is 35.1 Å². The zero-order valence-corrected chi connectivity index (χ0v) is 19.1. The molecule has 2 aromatic rings. The van der Waals surface area contributed by atoms with Gasteiger partial charge in [-0.3, -0.25) is 9.59 Å². The van der Waals surface area contributed by atoms with Gasteiger partial charge < -0.3 is 20.1 Å². The summed E-state index contributed by atoms with van der Waals surface area (Å²) >= 11 is 0. The molecule has 0 saturated carbocycles. The smallest absolute Gasteiger partial charge is 0.407 e. The topological polar surface area (TPSA) is 95.9 Å². The number of hydrogen-bond donors (Lipinski definition) is 2. The van der Waals surface area contributed by atoms with Gasteiger partial charge in [-0.1, -0.05) is 54.6 Å². The number of carbonyl (C=O) groups is 3. The van der Waals surface area contributed by atoms with Crippen LogP contribution in [0.4, 0.5) is 4.79 Å². The highest BCUT2D eigenvalue weighted by atomic mass is 16.5. The van der Waals surface area contributed by atoms with Crippen LogP contribution in [0.15, 0.2) is 61.2 Å². The van der Waals surface area contributed by atoms with Crippen molar-refractivity contribution in [2.45, 2.75) is 50.1 Å². The molecule has 0 radical (unpaired) electrons. The molecule has 34 heavy (non-hydrogen) atoms. The second kappa shape index (κ2) is 10.5. The van der Waals surface area contributed by atoms with Crippen molar-refractivity contribution in [3.05, 3.63) is 72.3 Å². The molecular formula is C27H30N2O5. The number of carbonyl (C=O) groups excluding carboxylic acids is 2. The Kier molecular flexibility index (Phi) is 7.30. The maximum absolute atomic E-state index is 13.2. The largest absolute Gasteiger partial charge is 0.481 e. The van der Waals surface area contributed by atoms with E-state index in [0.29, 0.717) is 13.0 Å². The molecule has 1 heterocycles. The van der Waals surface area contributed by atoms with E-state index in [2.05, 4.69) is 24.0 Å². The molecule has 1 aliphatic heterocycles. The van der Waals surface area contributed by atoms with Crippen LogP contribution in [0.2, 0.25) is 0 Å². The third kappa shape index (κ3) is 4.98. The number of rotatable bonds is 8. The Morgan fingerprint density at radius 2 is 1.74 bits per heavy atom. The van der Waals surface area contributed by atoms with Gasteiger partial charge in [0.1, 0.15) is 12.6 Å². The summed E-state index contributed by atoms with van der Waals surface area (Å²) in [7, 11) is 0. The molecular weight excluding hydrogens is 432 g/mol. The van der Waals surface area contributed by atoms with Crippen molar-refractivity contribution in [3.8, 4) is 11.1 Å². The molecule has 1 saturated heterocycles. The van der Waals surface area contributed by atoms with Gasteiger partial charge in [-0.15, -0.1) is 6.58 Å². The Labute approximate surface area is 199 Å². The summed E-state index contributed by atoms with van der Waals surface area (Å²) in [5.74, 6) is -1.30. The average Bonchev–Trinajstić information content (AvgIpc) is 3.16. The number of piperidine rings is 1. The highest BCUT2D eigenvalue weighted by Crippen LogP contribution is 2.44. The number of fused-ring (bicyclic) bond motifs is 3. The molecule has 178 valence electrons. The molecule has 1 aliphatic carbocycles. The third-order valence-corrected chi connectivity index (χ3v) is 6.66. The third-order valence-electron chi connectivity index (χ3n) is 6.66. The van der Waals surface area contributed by atoms with Gasteiger partial charge in [0.25, 0.3) is 0 Å². The molecule has 0 spiro atoms. The molecule has 2 aromatic carbocycles. The van der Waals surface area contributed by atoms with Gasteiger partial charge in [0, 0.05) is 18.5 Å². The van der Waals surface area contributed by atoms with Crippen LogP contribution >= 0.6 is 0 Å². The number of nitrogens with zero attached hydrogens (tertiary/aromatic N) is 1. The van der Waals surface area contributed by atoms with Gasteiger partial charge in [-0.2, -0.15) is 0 Å². The lowest BCUT2D eigenvalue weighted by Crippen LogP contribution is -2.53. The predicted molar refractivity (Wildman–Crippen MR) is 128 cm³/mol. The number of hydrogen-bond acceptors (Lipinski definition) is 4. The van der Waals surface area contributed by atoms with Gasteiger partial charge in [-0.05, 0) is 47.9 Å². The van der Waals surface area contributed by atoms with Crippen LogP contribution < -0.4 is 5.32 Å². The second-order valence-electron chi connectivity index (χ2n) is 8.83. The minimum atomic E-state index is -0.936. The predicted octanol–water partition coefficient (Wildman–Crippen LogP) is 4.33. The van der Waals surface area contributed by atoms with Crippen LogP contribution in [-0.4, -0.2) is 53.2 Å². The summed E-state index contributed by atoms with van der Waals surface area (Å²) in [6, 6.07) is 15.0. The molecule has 1 unspecified atom stereocenters. The lowest BCUT2D eigenvalue weighted by molar-refractivity contribution is -0.142. The molecule has 0 aromatic heterocycles. The number of carboxylic acid groups (broad SMARTS) is 1. The average molecular weight is 463 g/mol. The number of ether oxygens (including phenoxy) is 1.